The summed E-state index contributed by atoms with van der Waals surface area (Å²) >= 11 is 0. The highest BCUT2D eigenvalue weighted by atomic mass is 35.5. The molecule has 0 aromatic rings. The van der Waals surface area contributed by atoms with Crippen molar-refractivity contribution in [1.29, 1.82) is 0 Å². The lowest BCUT2D eigenvalue weighted by Crippen LogP contribution is -2.52. The topological polar surface area (TPSA) is 55.6 Å². The molecule has 1 rings (SSSR count). The van der Waals surface area contributed by atoms with Gasteiger partial charge in [-0.05, 0) is 25.2 Å². The number of hydrogen-bond donors (Lipinski definition) is 1. The minimum atomic E-state index is -0.303. The highest BCUT2D eigenvalue weighted by Gasteiger charge is 2.32. The zero-order valence-electron chi connectivity index (χ0n) is 11.0. The van der Waals surface area contributed by atoms with Crippen LogP contribution in [0.4, 0.5) is 0 Å². The van der Waals surface area contributed by atoms with Crippen LogP contribution in [0.2, 0.25) is 0 Å². The summed E-state index contributed by atoms with van der Waals surface area (Å²) in [6.45, 7) is 5.56. The van der Waals surface area contributed by atoms with Crippen LogP contribution in [-0.2, 0) is 9.53 Å². The summed E-state index contributed by atoms with van der Waals surface area (Å²) in [7, 11) is 1.59. The Morgan fingerprint density at radius 1 is 1.59 bits per heavy atom. The number of hydrogen-bond acceptors (Lipinski definition) is 3. The van der Waals surface area contributed by atoms with E-state index in [0.29, 0.717) is 12.5 Å². The van der Waals surface area contributed by atoms with Crippen molar-refractivity contribution in [2.75, 3.05) is 20.2 Å². The molecular formula is C12H25ClN2O2. The van der Waals surface area contributed by atoms with Gasteiger partial charge in [0.05, 0.1) is 0 Å². The molecule has 1 heterocycles. The predicted molar refractivity (Wildman–Crippen MR) is 71.3 cm³/mol. The Balaban J connectivity index is 0.00000256. The Labute approximate surface area is 110 Å². The molecule has 0 aliphatic carbocycles. The van der Waals surface area contributed by atoms with E-state index in [1.165, 1.54) is 0 Å². The molecule has 1 fully saturated rings. The number of nitrogens with zero attached hydrogens (tertiary/aromatic N) is 1. The molecule has 3 atom stereocenters. The summed E-state index contributed by atoms with van der Waals surface area (Å²) in [4.78, 5) is 14.1. The first kappa shape index (κ1) is 16.7. The van der Waals surface area contributed by atoms with Gasteiger partial charge in [0.2, 0.25) is 0 Å². The van der Waals surface area contributed by atoms with E-state index in [1.807, 2.05) is 11.8 Å². The van der Waals surface area contributed by atoms with Crippen molar-refractivity contribution in [3.05, 3.63) is 0 Å². The van der Waals surface area contributed by atoms with E-state index in [0.717, 1.165) is 25.8 Å². The van der Waals surface area contributed by atoms with Gasteiger partial charge in [0, 0.05) is 26.2 Å². The number of rotatable bonds is 4. The SMILES string of the molecule is CCC(OC)C(=O)N1CCC(C)CC1CN.Cl. The summed E-state index contributed by atoms with van der Waals surface area (Å²) in [5.74, 6) is 0.771. The molecule has 2 N–H and O–H groups in total. The molecule has 5 heteroatoms. The number of piperidine rings is 1. The van der Waals surface area contributed by atoms with Gasteiger partial charge in [-0.3, -0.25) is 4.79 Å². The third kappa shape index (κ3) is 4.12. The predicted octanol–water partition coefficient (Wildman–Crippen LogP) is 1.42. The first-order valence-corrected chi connectivity index (χ1v) is 6.17. The van der Waals surface area contributed by atoms with Crippen LogP contribution in [0.3, 0.4) is 0 Å². The fraction of sp³-hybridized carbons (Fsp3) is 0.917. The molecule has 4 nitrogen and oxygen atoms in total. The molecule has 0 saturated carbocycles. The van der Waals surface area contributed by atoms with Crippen molar-refractivity contribution >= 4 is 18.3 Å². The summed E-state index contributed by atoms with van der Waals surface area (Å²) in [6, 6.07) is 0.195. The van der Waals surface area contributed by atoms with Gasteiger partial charge >= 0.3 is 0 Å². The second-order valence-corrected chi connectivity index (χ2v) is 4.68. The molecule has 1 aliphatic heterocycles. The van der Waals surface area contributed by atoms with E-state index < -0.39 is 0 Å². The van der Waals surface area contributed by atoms with Crippen LogP contribution in [0.15, 0.2) is 0 Å². The first-order chi connectivity index (χ1) is 7.63. The average molecular weight is 265 g/mol. The fourth-order valence-corrected chi connectivity index (χ4v) is 2.39. The third-order valence-corrected chi connectivity index (χ3v) is 3.46. The standard InChI is InChI=1S/C12H24N2O2.ClH/c1-4-11(16-3)12(15)14-6-5-9(2)7-10(14)8-13;/h9-11H,4-8,13H2,1-3H3;1H. The smallest absolute Gasteiger partial charge is 0.251 e. The highest BCUT2D eigenvalue weighted by Crippen LogP contribution is 2.23. The van der Waals surface area contributed by atoms with Crippen LogP contribution in [-0.4, -0.2) is 43.2 Å². The number of amides is 1. The summed E-state index contributed by atoms with van der Waals surface area (Å²) in [5.41, 5.74) is 5.74. The van der Waals surface area contributed by atoms with Crippen molar-refractivity contribution in [2.24, 2.45) is 11.7 Å². The van der Waals surface area contributed by atoms with E-state index in [4.69, 9.17) is 10.5 Å². The number of nitrogens with two attached hydrogens (primary N) is 1. The molecule has 17 heavy (non-hydrogen) atoms. The largest absolute Gasteiger partial charge is 0.372 e. The van der Waals surface area contributed by atoms with Gasteiger partial charge < -0.3 is 15.4 Å². The number of halogens is 1. The van der Waals surface area contributed by atoms with Gasteiger partial charge in [0.25, 0.3) is 5.91 Å². The first-order valence-electron chi connectivity index (χ1n) is 6.17. The van der Waals surface area contributed by atoms with Crippen LogP contribution in [0, 0.1) is 5.92 Å². The second-order valence-electron chi connectivity index (χ2n) is 4.68. The van der Waals surface area contributed by atoms with Gasteiger partial charge in [0.1, 0.15) is 6.10 Å². The van der Waals surface area contributed by atoms with E-state index in [2.05, 4.69) is 6.92 Å². The average Bonchev–Trinajstić information content (AvgIpc) is 2.30. The molecule has 1 amide bonds. The number of methoxy groups -OCH3 is 1. The van der Waals surface area contributed by atoms with Crippen molar-refractivity contribution in [3.8, 4) is 0 Å². The van der Waals surface area contributed by atoms with Crippen molar-refractivity contribution in [2.45, 2.75) is 45.3 Å². The van der Waals surface area contributed by atoms with Gasteiger partial charge in [-0.25, -0.2) is 0 Å². The lowest BCUT2D eigenvalue weighted by molar-refractivity contribution is -0.146. The maximum Gasteiger partial charge on any atom is 0.251 e. The van der Waals surface area contributed by atoms with Crippen LogP contribution in [0.25, 0.3) is 0 Å². The zero-order chi connectivity index (χ0) is 12.1. The molecule has 0 spiro atoms. The summed E-state index contributed by atoms with van der Waals surface area (Å²) in [5, 5.41) is 0. The Kier molecular flexibility index (Phi) is 7.75. The minimum Gasteiger partial charge on any atom is -0.372 e. The van der Waals surface area contributed by atoms with Crippen molar-refractivity contribution < 1.29 is 9.53 Å². The molecule has 102 valence electrons. The number of carbonyl (C=O) groups is 1. The van der Waals surface area contributed by atoms with Crippen LogP contribution >= 0.6 is 12.4 Å². The Bertz CT molecular complexity index is 235. The van der Waals surface area contributed by atoms with Crippen LogP contribution < -0.4 is 5.73 Å². The Morgan fingerprint density at radius 2 is 2.24 bits per heavy atom. The molecule has 3 unspecified atom stereocenters. The molecule has 0 aromatic heterocycles. The van der Waals surface area contributed by atoms with E-state index in [9.17, 15) is 4.79 Å². The molecule has 1 saturated heterocycles. The molecule has 0 aromatic carbocycles. The normalized spacial score (nSPS) is 26.2. The lowest BCUT2D eigenvalue weighted by Gasteiger charge is -2.39. The van der Waals surface area contributed by atoms with Crippen LogP contribution in [0.1, 0.15) is 33.1 Å². The van der Waals surface area contributed by atoms with Gasteiger partial charge in [-0.1, -0.05) is 13.8 Å². The Morgan fingerprint density at radius 3 is 2.71 bits per heavy atom. The van der Waals surface area contributed by atoms with Gasteiger partial charge in [-0.2, -0.15) is 0 Å². The molecule has 1 aliphatic rings. The second kappa shape index (κ2) is 7.90. The van der Waals surface area contributed by atoms with Gasteiger partial charge in [-0.15, -0.1) is 12.4 Å². The molecular weight excluding hydrogens is 240 g/mol. The summed E-state index contributed by atoms with van der Waals surface area (Å²) < 4.78 is 5.20. The highest BCUT2D eigenvalue weighted by molar-refractivity contribution is 5.85. The number of ether oxygens (including phenoxy) is 1. The number of likely N-dealkylation sites (tertiary alicyclic amines) is 1. The quantitative estimate of drug-likeness (QED) is 0.836. The maximum absolute atomic E-state index is 12.2. The number of carbonyl (C=O) groups excluding carboxylic acids is 1. The Hall–Kier alpha value is -0.320. The molecule has 0 bridgehead atoms. The van der Waals surface area contributed by atoms with Crippen LogP contribution in [0.5, 0.6) is 0 Å². The molecule has 0 radical (unpaired) electrons. The maximum atomic E-state index is 12.2. The summed E-state index contributed by atoms with van der Waals surface area (Å²) in [6.07, 6.45) is 2.51. The zero-order valence-corrected chi connectivity index (χ0v) is 11.8. The van der Waals surface area contributed by atoms with Crippen molar-refractivity contribution in [3.63, 3.8) is 0 Å². The third-order valence-electron chi connectivity index (χ3n) is 3.46. The minimum absolute atomic E-state index is 0. The lowest BCUT2D eigenvalue weighted by atomic mass is 9.92. The van der Waals surface area contributed by atoms with E-state index in [1.54, 1.807) is 7.11 Å². The van der Waals surface area contributed by atoms with E-state index >= 15 is 0 Å². The monoisotopic (exact) mass is 264 g/mol. The van der Waals surface area contributed by atoms with Gasteiger partial charge in [0.15, 0.2) is 0 Å². The fourth-order valence-electron chi connectivity index (χ4n) is 2.39. The van der Waals surface area contributed by atoms with Crippen molar-refractivity contribution in [1.82, 2.24) is 4.90 Å². The van der Waals surface area contributed by atoms with E-state index in [-0.39, 0.29) is 30.5 Å².